The van der Waals surface area contributed by atoms with Gasteiger partial charge in [-0.3, -0.25) is 4.79 Å². The van der Waals surface area contributed by atoms with Crippen LogP contribution in [0.1, 0.15) is 49.9 Å². The van der Waals surface area contributed by atoms with Gasteiger partial charge in [0.05, 0.1) is 5.02 Å². The van der Waals surface area contributed by atoms with Gasteiger partial charge < -0.3 is 10.2 Å². The van der Waals surface area contributed by atoms with Crippen LogP contribution in [0, 0.1) is 0 Å². The summed E-state index contributed by atoms with van der Waals surface area (Å²) in [6.45, 7) is 5.53. The van der Waals surface area contributed by atoms with Crippen molar-refractivity contribution in [3.8, 4) is 0 Å². The molecule has 1 saturated carbocycles. The van der Waals surface area contributed by atoms with E-state index in [2.05, 4.69) is 17.3 Å². The predicted molar refractivity (Wildman–Crippen MR) is 109 cm³/mol. The van der Waals surface area contributed by atoms with E-state index < -0.39 is 10.0 Å². The normalized spacial score (nSPS) is 15.6. The van der Waals surface area contributed by atoms with Crippen molar-refractivity contribution < 1.29 is 13.2 Å². The number of rotatable bonds is 9. The minimum absolute atomic E-state index is 0.0245. The summed E-state index contributed by atoms with van der Waals surface area (Å²) < 4.78 is 26.8. The lowest BCUT2D eigenvalue weighted by molar-refractivity contribution is 0.0947. The monoisotopic (exact) mass is 415 g/mol. The van der Waals surface area contributed by atoms with Crippen molar-refractivity contribution in [2.24, 2.45) is 0 Å². The summed E-state index contributed by atoms with van der Waals surface area (Å²) in [6, 6.07) is 4.99. The molecule has 0 heterocycles. The predicted octanol–water partition coefficient (Wildman–Crippen LogP) is 2.97. The number of nitrogens with one attached hydrogen (secondary N) is 1. The van der Waals surface area contributed by atoms with Gasteiger partial charge in [0.25, 0.3) is 5.91 Å². The van der Waals surface area contributed by atoms with E-state index in [-0.39, 0.29) is 15.8 Å². The van der Waals surface area contributed by atoms with E-state index >= 15 is 0 Å². The van der Waals surface area contributed by atoms with Gasteiger partial charge >= 0.3 is 0 Å². The highest BCUT2D eigenvalue weighted by Gasteiger charge is 2.25. The second kappa shape index (κ2) is 9.87. The van der Waals surface area contributed by atoms with Gasteiger partial charge in [-0.1, -0.05) is 38.3 Å². The third-order valence-corrected chi connectivity index (χ3v) is 7.75. The number of nitrogens with zero attached hydrogens (tertiary/aromatic N) is 2. The van der Waals surface area contributed by atoms with Crippen LogP contribution in [0.5, 0.6) is 0 Å². The largest absolute Gasteiger partial charge is 0.351 e. The zero-order chi connectivity index (χ0) is 20.0. The van der Waals surface area contributed by atoms with E-state index in [1.54, 1.807) is 19.9 Å². The first-order valence-corrected chi connectivity index (χ1v) is 11.4. The van der Waals surface area contributed by atoms with E-state index in [0.29, 0.717) is 31.2 Å². The number of hydrogen-bond acceptors (Lipinski definition) is 4. The lowest BCUT2D eigenvalue weighted by atomic mass is 10.2. The summed E-state index contributed by atoms with van der Waals surface area (Å²) in [6.07, 6.45) is 4.98. The SMILES string of the molecule is CCN(CC)S(=O)(=O)c1cc(C(=O)NCCN(C)C2CCCC2)ccc1Cl. The molecule has 0 radical (unpaired) electrons. The van der Waals surface area contributed by atoms with Gasteiger partial charge in [0.1, 0.15) is 4.90 Å². The van der Waals surface area contributed by atoms with Crippen molar-refractivity contribution in [1.82, 2.24) is 14.5 Å². The van der Waals surface area contributed by atoms with Gasteiger partial charge in [0, 0.05) is 37.8 Å². The van der Waals surface area contributed by atoms with Crippen LogP contribution in [0.15, 0.2) is 23.1 Å². The molecule has 1 aromatic carbocycles. The fourth-order valence-corrected chi connectivity index (χ4v) is 5.48. The lowest BCUT2D eigenvalue weighted by Gasteiger charge is -2.24. The number of carbonyl (C=O) groups excluding carboxylic acids is 1. The van der Waals surface area contributed by atoms with Crippen LogP contribution in [0.3, 0.4) is 0 Å². The summed E-state index contributed by atoms with van der Waals surface area (Å²) in [5.41, 5.74) is 0.300. The first kappa shape index (κ1) is 22.1. The molecule has 1 aliphatic carbocycles. The smallest absolute Gasteiger partial charge is 0.251 e. The Bertz CT molecular complexity index is 745. The molecule has 1 aromatic rings. The quantitative estimate of drug-likeness (QED) is 0.673. The highest BCUT2D eigenvalue weighted by molar-refractivity contribution is 7.89. The van der Waals surface area contributed by atoms with Crippen LogP contribution in [-0.2, 0) is 10.0 Å². The number of hydrogen-bond donors (Lipinski definition) is 1. The zero-order valence-electron chi connectivity index (χ0n) is 16.4. The second-order valence-corrected chi connectivity index (χ2v) is 9.22. The molecule has 1 amide bonds. The lowest BCUT2D eigenvalue weighted by Crippen LogP contribution is -2.37. The van der Waals surface area contributed by atoms with E-state index in [1.165, 1.54) is 42.1 Å². The molecule has 1 aliphatic rings. The van der Waals surface area contributed by atoms with Crippen molar-refractivity contribution >= 4 is 27.5 Å². The number of benzene rings is 1. The molecule has 0 unspecified atom stereocenters. The second-order valence-electron chi connectivity index (χ2n) is 6.91. The maximum absolute atomic E-state index is 12.7. The van der Waals surface area contributed by atoms with Crippen molar-refractivity contribution in [3.05, 3.63) is 28.8 Å². The third kappa shape index (κ3) is 5.44. The molecule has 1 N–H and O–H groups in total. The van der Waals surface area contributed by atoms with Gasteiger partial charge in [-0.05, 0) is 38.1 Å². The van der Waals surface area contributed by atoms with Crippen LogP contribution < -0.4 is 5.32 Å². The fraction of sp³-hybridized carbons (Fsp3) is 0.632. The molecule has 0 bridgehead atoms. The summed E-state index contributed by atoms with van der Waals surface area (Å²) in [7, 11) is -1.64. The average Bonchev–Trinajstić information content (AvgIpc) is 3.17. The number of halogens is 1. The topological polar surface area (TPSA) is 69.7 Å². The summed E-state index contributed by atoms with van der Waals surface area (Å²) in [4.78, 5) is 14.7. The molecular formula is C19H30ClN3O3S. The molecule has 1 fully saturated rings. The molecule has 0 aromatic heterocycles. The first-order valence-electron chi connectivity index (χ1n) is 9.59. The third-order valence-electron chi connectivity index (χ3n) is 5.21. The maximum Gasteiger partial charge on any atom is 0.251 e. The molecule has 0 spiro atoms. The number of carbonyl (C=O) groups is 1. The Kier molecular flexibility index (Phi) is 8.09. The molecule has 0 atom stereocenters. The van der Waals surface area contributed by atoms with Crippen molar-refractivity contribution in [3.63, 3.8) is 0 Å². The van der Waals surface area contributed by atoms with Crippen molar-refractivity contribution in [2.75, 3.05) is 33.2 Å². The Morgan fingerprint density at radius 3 is 2.44 bits per heavy atom. The number of sulfonamides is 1. The molecule has 2 rings (SSSR count). The van der Waals surface area contributed by atoms with Crippen LogP contribution in [0.25, 0.3) is 0 Å². The van der Waals surface area contributed by atoms with Gasteiger partial charge in [-0.25, -0.2) is 8.42 Å². The molecule has 0 saturated heterocycles. The van der Waals surface area contributed by atoms with Crippen LogP contribution in [0.2, 0.25) is 5.02 Å². The van der Waals surface area contributed by atoms with E-state index in [0.717, 1.165) is 6.54 Å². The van der Waals surface area contributed by atoms with Gasteiger partial charge in [0.2, 0.25) is 10.0 Å². The maximum atomic E-state index is 12.7. The number of amides is 1. The van der Waals surface area contributed by atoms with Crippen LogP contribution in [-0.4, -0.2) is 62.8 Å². The Morgan fingerprint density at radius 1 is 1.22 bits per heavy atom. The number of likely N-dealkylation sites (N-methyl/N-ethyl adjacent to an activating group) is 1. The van der Waals surface area contributed by atoms with Gasteiger partial charge in [-0.2, -0.15) is 4.31 Å². The molecule has 6 nitrogen and oxygen atoms in total. The van der Waals surface area contributed by atoms with Crippen LogP contribution >= 0.6 is 11.6 Å². The molecule has 152 valence electrons. The average molecular weight is 416 g/mol. The van der Waals surface area contributed by atoms with E-state index in [1.807, 2.05) is 0 Å². The van der Waals surface area contributed by atoms with Gasteiger partial charge in [-0.15, -0.1) is 0 Å². The van der Waals surface area contributed by atoms with E-state index in [4.69, 9.17) is 11.6 Å². The minimum atomic E-state index is -3.72. The summed E-state index contributed by atoms with van der Waals surface area (Å²) in [5.74, 6) is -0.289. The molecule has 27 heavy (non-hydrogen) atoms. The zero-order valence-corrected chi connectivity index (χ0v) is 17.9. The Labute approximate surface area is 167 Å². The summed E-state index contributed by atoms with van der Waals surface area (Å²) in [5, 5.41) is 3.00. The van der Waals surface area contributed by atoms with Crippen LogP contribution in [0.4, 0.5) is 0 Å². The van der Waals surface area contributed by atoms with E-state index in [9.17, 15) is 13.2 Å². The standard InChI is InChI=1S/C19H30ClN3O3S/c1-4-23(5-2)27(25,26)18-14-15(10-11-17(18)20)19(24)21-12-13-22(3)16-8-6-7-9-16/h10-11,14,16H,4-9,12-13H2,1-3H3,(H,21,24). The van der Waals surface area contributed by atoms with Gasteiger partial charge in [0.15, 0.2) is 0 Å². The Morgan fingerprint density at radius 2 is 1.85 bits per heavy atom. The molecular weight excluding hydrogens is 386 g/mol. The highest BCUT2D eigenvalue weighted by atomic mass is 35.5. The molecule has 0 aliphatic heterocycles. The molecule has 8 heteroatoms. The fourth-order valence-electron chi connectivity index (χ4n) is 3.52. The van der Waals surface area contributed by atoms with Crippen molar-refractivity contribution in [1.29, 1.82) is 0 Å². The van der Waals surface area contributed by atoms with Crippen molar-refractivity contribution in [2.45, 2.75) is 50.5 Å². The Balaban J connectivity index is 2.04. The summed E-state index contributed by atoms with van der Waals surface area (Å²) >= 11 is 6.12. The first-order chi connectivity index (χ1) is 12.8. The highest BCUT2D eigenvalue weighted by Crippen LogP contribution is 2.26. The Hall–Kier alpha value is -1.15. The minimum Gasteiger partial charge on any atom is -0.351 e.